The Labute approximate surface area is 127 Å². The molecule has 0 radical (unpaired) electrons. The van der Waals surface area contributed by atoms with E-state index >= 15 is 0 Å². The van der Waals surface area contributed by atoms with Crippen molar-refractivity contribution in [2.45, 2.75) is 25.2 Å². The quantitative estimate of drug-likeness (QED) is 0.635. The number of hydrogen-bond donors (Lipinski definition) is 1. The van der Waals surface area contributed by atoms with E-state index in [1.807, 2.05) is 0 Å². The van der Waals surface area contributed by atoms with E-state index in [9.17, 15) is 8.42 Å². The second kappa shape index (κ2) is 9.89. The number of sulfonamides is 1. The zero-order valence-electron chi connectivity index (χ0n) is 12.7. The summed E-state index contributed by atoms with van der Waals surface area (Å²) in [6, 6.07) is 8.29. The van der Waals surface area contributed by atoms with Crippen molar-refractivity contribution in [2.75, 3.05) is 33.0 Å². The summed E-state index contributed by atoms with van der Waals surface area (Å²) in [7, 11) is -3.43. The maximum atomic E-state index is 11.9. The molecule has 0 heterocycles. The fraction of sp³-hybridized carbons (Fsp3) is 0.600. The van der Waals surface area contributed by atoms with Gasteiger partial charge in [0.05, 0.1) is 24.7 Å². The molecule has 0 bridgehead atoms. The lowest BCUT2D eigenvalue weighted by Gasteiger charge is -2.08. The van der Waals surface area contributed by atoms with Gasteiger partial charge in [-0.25, -0.2) is 13.1 Å². The van der Waals surface area contributed by atoms with Gasteiger partial charge in [-0.1, -0.05) is 32.0 Å². The van der Waals surface area contributed by atoms with Gasteiger partial charge in [0.1, 0.15) is 0 Å². The highest BCUT2D eigenvalue weighted by Gasteiger charge is 2.11. The van der Waals surface area contributed by atoms with Crippen molar-refractivity contribution < 1.29 is 17.9 Å². The lowest BCUT2D eigenvalue weighted by molar-refractivity contribution is 0.0461. The minimum atomic E-state index is -3.43. The molecule has 0 saturated heterocycles. The second-order valence-corrected chi connectivity index (χ2v) is 6.89. The molecule has 0 aliphatic rings. The molecule has 21 heavy (non-hydrogen) atoms. The SMILES string of the molecule is CC(C)CCOCCOCCNS(=O)(=O)c1ccccc1. The molecule has 6 heteroatoms. The topological polar surface area (TPSA) is 64.6 Å². The first-order chi connectivity index (χ1) is 10.0. The van der Waals surface area contributed by atoms with Crippen LogP contribution >= 0.6 is 0 Å². The molecule has 0 aromatic heterocycles. The van der Waals surface area contributed by atoms with E-state index in [1.165, 1.54) is 0 Å². The smallest absolute Gasteiger partial charge is 0.240 e. The van der Waals surface area contributed by atoms with E-state index in [2.05, 4.69) is 18.6 Å². The molecule has 0 fully saturated rings. The van der Waals surface area contributed by atoms with Crippen LogP contribution in [0.5, 0.6) is 0 Å². The fourth-order valence-electron chi connectivity index (χ4n) is 1.57. The first-order valence-electron chi connectivity index (χ1n) is 7.22. The monoisotopic (exact) mass is 315 g/mol. The molecular weight excluding hydrogens is 290 g/mol. The van der Waals surface area contributed by atoms with Gasteiger partial charge in [-0.15, -0.1) is 0 Å². The lowest BCUT2D eigenvalue weighted by Crippen LogP contribution is -2.27. The Morgan fingerprint density at radius 2 is 1.62 bits per heavy atom. The van der Waals surface area contributed by atoms with Gasteiger partial charge >= 0.3 is 0 Å². The molecule has 0 unspecified atom stereocenters. The number of nitrogens with one attached hydrogen (secondary N) is 1. The molecule has 1 N–H and O–H groups in total. The Morgan fingerprint density at radius 3 is 2.24 bits per heavy atom. The largest absolute Gasteiger partial charge is 0.379 e. The van der Waals surface area contributed by atoms with Crippen LogP contribution in [0.2, 0.25) is 0 Å². The predicted molar refractivity (Wildman–Crippen MR) is 82.7 cm³/mol. The minimum absolute atomic E-state index is 0.253. The first-order valence-corrected chi connectivity index (χ1v) is 8.71. The summed E-state index contributed by atoms with van der Waals surface area (Å²) >= 11 is 0. The Bertz CT molecular complexity index is 474. The molecule has 0 saturated carbocycles. The van der Waals surface area contributed by atoms with Gasteiger partial charge in [-0.05, 0) is 24.5 Å². The molecular formula is C15H25NO4S. The van der Waals surface area contributed by atoms with Crippen molar-refractivity contribution in [3.8, 4) is 0 Å². The first kappa shape index (κ1) is 18.1. The van der Waals surface area contributed by atoms with E-state index in [1.54, 1.807) is 30.3 Å². The third-order valence-electron chi connectivity index (χ3n) is 2.80. The maximum Gasteiger partial charge on any atom is 0.240 e. The molecule has 0 atom stereocenters. The number of rotatable bonds is 11. The summed E-state index contributed by atoms with van der Waals surface area (Å²) in [4.78, 5) is 0.266. The molecule has 0 amide bonds. The van der Waals surface area contributed by atoms with Crippen molar-refractivity contribution in [1.29, 1.82) is 0 Å². The van der Waals surface area contributed by atoms with Gasteiger partial charge in [0.25, 0.3) is 0 Å². The average Bonchev–Trinajstić information content (AvgIpc) is 2.46. The standard InChI is InChI=1S/C15H25NO4S/c1-14(2)8-10-19-12-13-20-11-9-16-21(17,18)15-6-4-3-5-7-15/h3-7,14,16H,8-13H2,1-2H3. The van der Waals surface area contributed by atoms with Crippen LogP contribution in [0.4, 0.5) is 0 Å². The van der Waals surface area contributed by atoms with Crippen LogP contribution in [0.15, 0.2) is 35.2 Å². The highest BCUT2D eigenvalue weighted by molar-refractivity contribution is 7.89. The van der Waals surface area contributed by atoms with Crippen LogP contribution < -0.4 is 4.72 Å². The average molecular weight is 315 g/mol. The number of hydrogen-bond acceptors (Lipinski definition) is 4. The van der Waals surface area contributed by atoms with Gasteiger partial charge in [0.2, 0.25) is 10.0 Å². The van der Waals surface area contributed by atoms with Crippen LogP contribution in [0.3, 0.4) is 0 Å². The van der Waals surface area contributed by atoms with Crippen molar-refractivity contribution in [3.63, 3.8) is 0 Å². The van der Waals surface area contributed by atoms with E-state index in [0.717, 1.165) is 13.0 Å². The summed E-state index contributed by atoms with van der Waals surface area (Å²) in [5, 5.41) is 0. The van der Waals surface area contributed by atoms with Crippen molar-refractivity contribution >= 4 is 10.0 Å². The van der Waals surface area contributed by atoms with Gasteiger partial charge in [-0.3, -0.25) is 0 Å². The van der Waals surface area contributed by atoms with Crippen molar-refractivity contribution in [3.05, 3.63) is 30.3 Å². The molecule has 5 nitrogen and oxygen atoms in total. The van der Waals surface area contributed by atoms with Crippen LogP contribution in [0.25, 0.3) is 0 Å². The summed E-state index contributed by atoms with van der Waals surface area (Å²) < 4.78 is 37.0. The highest BCUT2D eigenvalue weighted by Crippen LogP contribution is 2.06. The molecule has 1 aromatic carbocycles. The minimum Gasteiger partial charge on any atom is -0.379 e. The summed E-state index contributed by atoms with van der Waals surface area (Å²) in [5.41, 5.74) is 0. The van der Waals surface area contributed by atoms with Gasteiger partial charge in [-0.2, -0.15) is 0 Å². The van der Waals surface area contributed by atoms with E-state index < -0.39 is 10.0 Å². The fourth-order valence-corrected chi connectivity index (χ4v) is 2.61. The van der Waals surface area contributed by atoms with Crippen LogP contribution in [-0.2, 0) is 19.5 Å². The molecule has 0 aliphatic heterocycles. The highest BCUT2D eigenvalue weighted by atomic mass is 32.2. The summed E-state index contributed by atoms with van der Waals surface area (Å²) in [6.07, 6.45) is 1.04. The van der Waals surface area contributed by atoms with E-state index in [-0.39, 0.29) is 11.4 Å². The van der Waals surface area contributed by atoms with Crippen LogP contribution in [0, 0.1) is 5.92 Å². The van der Waals surface area contributed by atoms with Crippen LogP contribution in [0.1, 0.15) is 20.3 Å². The maximum absolute atomic E-state index is 11.9. The zero-order chi connectivity index (χ0) is 15.6. The predicted octanol–water partition coefficient (Wildman–Crippen LogP) is 2.04. The van der Waals surface area contributed by atoms with Gasteiger partial charge in [0.15, 0.2) is 0 Å². The number of ether oxygens (including phenoxy) is 2. The van der Waals surface area contributed by atoms with Crippen molar-refractivity contribution in [1.82, 2.24) is 4.72 Å². The van der Waals surface area contributed by atoms with Crippen molar-refractivity contribution in [2.24, 2.45) is 5.92 Å². The Balaban J connectivity index is 2.07. The van der Waals surface area contributed by atoms with Gasteiger partial charge < -0.3 is 9.47 Å². The molecule has 1 rings (SSSR count). The Morgan fingerprint density at radius 1 is 1.00 bits per heavy atom. The van der Waals surface area contributed by atoms with E-state index in [0.29, 0.717) is 25.7 Å². The Hall–Kier alpha value is -0.950. The van der Waals surface area contributed by atoms with Gasteiger partial charge in [0, 0.05) is 13.2 Å². The molecule has 0 aliphatic carbocycles. The summed E-state index contributed by atoms with van der Waals surface area (Å²) in [6.45, 7) is 6.64. The molecule has 120 valence electrons. The third kappa shape index (κ3) is 8.16. The van der Waals surface area contributed by atoms with E-state index in [4.69, 9.17) is 9.47 Å². The van der Waals surface area contributed by atoms with Crippen LogP contribution in [-0.4, -0.2) is 41.4 Å². The second-order valence-electron chi connectivity index (χ2n) is 5.12. The number of benzene rings is 1. The summed E-state index contributed by atoms with van der Waals surface area (Å²) in [5.74, 6) is 0.637. The third-order valence-corrected chi connectivity index (χ3v) is 4.28. The normalized spacial score (nSPS) is 12.0. The Kier molecular flexibility index (Phi) is 8.52. The molecule has 1 aromatic rings. The zero-order valence-corrected chi connectivity index (χ0v) is 13.6. The lowest BCUT2D eigenvalue weighted by atomic mass is 10.1. The molecule has 0 spiro atoms.